The second kappa shape index (κ2) is 7.46. The standard InChI is InChI=1S/C17H28N4/c1-4-21(3)13-12-19-16(18-2)20-14-17(10-11-17)15-8-6-5-7-9-15/h5-9H,4,10-14H2,1-3H3,(H2,18,19,20). The first-order chi connectivity index (χ1) is 10.2. The van der Waals surface area contributed by atoms with Crippen LogP contribution in [0.15, 0.2) is 35.3 Å². The molecule has 4 nitrogen and oxygen atoms in total. The molecule has 116 valence electrons. The second-order valence-corrected chi connectivity index (χ2v) is 5.89. The summed E-state index contributed by atoms with van der Waals surface area (Å²) in [5.41, 5.74) is 1.76. The zero-order chi connectivity index (χ0) is 15.1. The molecular formula is C17H28N4. The maximum Gasteiger partial charge on any atom is 0.191 e. The number of hydrogen-bond acceptors (Lipinski definition) is 2. The highest BCUT2D eigenvalue weighted by Gasteiger charge is 2.43. The molecule has 0 atom stereocenters. The first-order valence-corrected chi connectivity index (χ1v) is 7.89. The van der Waals surface area contributed by atoms with Crippen molar-refractivity contribution in [3.8, 4) is 0 Å². The molecule has 0 spiro atoms. The molecule has 2 rings (SSSR count). The van der Waals surface area contributed by atoms with E-state index in [2.05, 4.69) is 64.8 Å². The molecule has 1 aliphatic carbocycles. The minimum atomic E-state index is 0.319. The molecule has 1 saturated carbocycles. The van der Waals surface area contributed by atoms with Crippen molar-refractivity contribution >= 4 is 5.96 Å². The van der Waals surface area contributed by atoms with Crippen LogP contribution in [0.3, 0.4) is 0 Å². The van der Waals surface area contributed by atoms with Crippen molar-refractivity contribution in [3.63, 3.8) is 0 Å². The van der Waals surface area contributed by atoms with Gasteiger partial charge in [-0.05, 0) is 32.0 Å². The third-order valence-corrected chi connectivity index (χ3v) is 4.38. The largest absolute Gasteiger partial charge is 0.356 e. The Bertz CT molecular complexity index is 451. The predicted molar refractivity (Wildman–Crippen MR) is 89.9 cm³/mol. The van der Waals surface area contributed by atoms with Crippen LogP contribution in [0.2, 0.25) is 0 Å². The van der Waals surface area contributed by atoms with E-state index in [0.29, 0.717) is 5.41 Å². The van der Waals surface area contributed by atoms with Gasteiger partial charge in [0.2, 0.25) is 0 Å². The summed E-state index contributed by atoms with van der Waals surface area (Å²) in [4.78, 5) is 6.60. The molecule has 0 aromatic heterocycles. The first kappa shape index (κ1) is 15.8. The zero-order valence-corrected chi connectivity index (χ0v) is 13.5. The fraction of sp³-hybridized carbons (Fsp3) is 0.588. The summed E-state index contributed by atoms with van der Waals surface area (Å²) in [6.07, 6.45) is 2.53. The molecular weight excluding hydrogens is 260 g/mol. The summed E-state index contributed by atoms with van der Waals surface area (Å²) in [6.45, 7) is 6.15. The van der Waals surface area contributed by atoms with Crippen LogP contribution in [0.1, 0.15) is 25.3 Å². The van der Waals surface area contributed by atoms with Gasteiger partial charge in [-0.3, -0.25) is 4.99 Å². The van der Waals surface area contributed by atoms with Gasteiger partial charge in [-0.25, -0.2) is 0 Å². The van der Waals surface area contributed by atoms with Crippen LogP contribution in [0.5, 0.6) is 0 Å². The Morgan fingerprint density at radius 3 is 2.52 bits per heavy atom. The Labute approximate surface area is 128 Å². The summed E-state index contributed by atoms with van der Waals surface area (Å²) in [5, 5.41) is 6.87. The van der Waals surface area contributed by atoms with Crippen molar-refractivity contribution < 1.29 is 0 Å². The van der Waals surface area contributed by atoms with Crippen LogP contribution in [0.25, 0.3) is 0 Å². The number of aliphatic imine (C=N–C) groups is 1. The highest BCUT2D eigenvalue weighted by Crippen LogP contribution is 2.47. The van der Waals surface area contributed by atoms with Crippen LogP contribution in [0, 0.1) is 0 Å². The van der Waals surface area contributed by atoms with Gasteiger partial charge in [0.1, 0.15) is 0 Å². The lowest BCUT2D eigenvalue weighted by Gasteiger charge is -2.20. The molecule has 0 unspecified atom stereocenters. The number of guanidine groups is 1. The van der Waals surface area contributed by atoms with Gasteiger partial charge >= 0.3 is 0 Å². The van der Waals surface area contributed by atoms with Gasteiger partial charge in [-0.15, -0.1) is 0 Å². The summed E-state index contributed by atoms with van der Waals surface area (Å²) in [7, 11) is 3.97. The first-order valence-electron chi connectivity index (χ1n) is 7.89. The Hall–Kier alpha value is -1.55. The van der Waals surface area contributed by atoms with Crippen LogP contribution < -0.4 is 10.6 Å². The summed E-state index contributed by atoms with van der Waals surface area (Å²) >= 11 is 0. The highest BCUT2D eigenvalue weighted by atomic mass is 15.2. The van der Waals surface area contributed by atoms with Gasteiger partial charge in [-0.1, -0.05) is 37.3 Å². The number of nitrogens with zero attached hydrogens (tertiary/aromatic N) is 2. The molecule has 1 aromatic carbocycles. The fourth-order valence-corrected chi connectivity index (χ4v) is 2.51. The van der Waals surface area contributed by atoms with Gasteiger partial charge in [0, 0.05) is 32.1 Å². The molecule has 1 fully saturated rings. The SMILES string of the molecule is CCN(C)CCNC(=NC)NCC1(c2ccccc2)CC1. The Balaban J connectivity index is 1.79. The van der Waals surface area contributed by atoms with Crippen molar-refractivity contribution in [2.75, 3.05) is 40.3 Å². The van der Waals surface area contributed by atoms with Crippen LogP contribution in [-0.2, 0) is 5.41 Å². The Morgan fingerprint density at radius 1 is 1.24 bits per heavy atom. The molecule has 0 saturated heterocycles. The number of likely N-dealkylation sites (N-methyl/N-ethyl adjacent to an activating group) is 1. The van der Waals surface area contributed by atoms with Crippen LogP contribution in [-0.4, -0.2) is 51.1 Å². The molecule has 2 N–H and O–H groups in total. The minimum absolute atomic E-state index is 0.319. The molecule has 0 heterocycles. The quantitative estimate of drug-likeness (QED) is 0.594. The predicted octanol–water partition coefficient (Wildman–Crippen LogP) is 1.83. The lowest BCUT2D eigenvalue weighted by atomic mass is 9.96. The normalized spacial score (nSPS) is 16.9. The van der Waals surface area contributed by atoms with Crippen molar-refractivity contribution in [1.82, 2.24) is 15.5 Å². The van der Waals surface area contributed by atoms with E-state index >= 15 is 0 Å². The van der Waals surface area contributed by atoms with E-state index in [4.69, 9.17) is 0 Å². The molecule has 0 radical (unpaired) electrons. The fourth-order valence-electron chi connectivity index (χ4n) is 2.51. The molecule has 4 heteroatoms. The van der Waals surface area contributed by atoms with Crippen molar-refractivity contribution in [2.45, 2.75) is 25.2 Å². The molecule has 0 aliphatic heterocycles. The van der Waals surface area contributed by atoms with E-state index in [1.165, 1.54) is 18.4 Å². The van der Waals surface area contributed by atoms with E-state index in [1.54, 1.807) is 0 Å². The van der Waals surface area contributed by atoms with Crippen molar-refractivity contribution in [2.24, 2.45) is 4.99 Å². The van der Waals surface area contributed by atoms with E-state index in [0.717, 1.165) is 32.1 Å². The zero-order valence-electron chi connectivity index (χ0n) is 13.5. The van der Waals surface area contributed by atoms with E-state index in [-0.39, 0.29) is 0 Å². The average molecular weight is 288 g/mol. The van der Waals surface area contributed by atoms with Gasteiger partial charge < -0.3 is 15.5 Å². The monoisotopic (exact) mass is 288 g/mol. The molecule has 0 bridgehead atoms. The third-order valence-electron chi connectivity index (χ3n) is 4.38. The third kappa shape index (κ3) is 4.46. The van der Waals surface area contributed by atoms with Gasteiger partial charge in [0.15, 0.2) is 5.96 Å². The Morgan fingerprint density at radius 2 is 1.95 bits per heavy atom. The number of nitrogens with one attached hydrogen (secondary N) is 2. The van der Waals surface area contributed by atoms with Gasteiger partial charge in [0.25, 0.3) is 0 Å². The van der Waals surface area contributed by atoms with E-state index in [9.17, 15) is 0 Å². The van der Waals surface area contributed by atoms with E-state index < -0.39 is 0 Å². The van der Waals surface area contributed by atoms with Crippen LogP contribution in [0.4, 0.5) is 0 Å². The smallest absolute Gasteiger partial charge is 0.191 e. The summed E-state index contributed by atoms with van der Waals surface area (Å²) < 4.78 is 0. The molecule has 21 heavy (non-hydrogen) atoms. The topological polar surface area (TPSA) is 39.7 Å². The second-order valence-electron chi connectivity index (χ2n) is 5.89. The average Bonchev–Trinajstić information content (AvgIpc) is 3.32. The lowest BCUT2D eigenvalue weighted by Crippen LogP contribution is -2.43. The summed E-state index contributed by atoms with van der Waals surface area (Å²) in [6, 6.07) is 10.8. The molecule has 1 aromatic rings. The molecule has 0 amide bonds. The Kier molecular flexibility index (Phi) is 5.62. The molecule has 1 aliphatic rings. The highest BCUT2D eigenvalue weighted by molar-refractivity contribution is 5.79. The lowest BCUT2D eigenvalue weighted by molar-refractivity contribution is 0.357. The van der Waals surface area contributed by atoms with Gasteiger partial charge in [-0.2, -0.15) is 0 Å². The maximum atomic E-state index is 4.31. The maximum absolute atomic E-state index is 4.31. The number of hydrogen-bond donors (Lipinski definition) is 2. The van der Waals surface area contributed by atoms with Crippen molar-refractivity contribution in [3.05, 3.63) is 35.9 Å². The number of benzene rings is 1. The minimum Gasteiger partial charge on any atom is -0.356 e. The van der Waals surface area contributed by atoms with Crippen molar-refractivity contribution in [1.29, 1.82) is 0 Å². The summed E-state index contributed by atoms with van der Waals surface area (Å²) in [5.74, 6) is 0.904. The van der Waals surface area contributed by atoms with Gasteiger partial charge in [0.05, 0.1) is 0 Å². The number of rotatable bonds is 7. The van der Waals surface area contributed by atoms with E-state index in [1.807, 2.05) is 7.05 Å². The van der Waals surface area contributed by atoms with Crippen LogP contribution >= 0.6 is 0 Å².